The summed E-state index contributed by atoms with van der Waals surface area (Å²) in [5.74, 6) is 0.984. The molecule has 136 valence electrons. The summed E-state index contributed by atoms with van der Waals surface area (Å²) < 4.78 is 38.7. The number of halogens is 3. The number of fused-ring (bicyclic) bond motifs is 2. The van der Waals surface area contributed by atoms with Crippen LogP contribution < -0.4 is 4.90 Å². The molecule has 0 amide bonds. The fraction of sp³-hybridized carbons (Fsp3) is 0.611. The van der Waals surface area contributed by atoms with E-state index in [9.17, 15) is 18.4 Å². The van der Waals surface area contributed by atoms with E-state index in [1.54, 1.807) is 6.07 Å². The lowest BCUT2D eigenvalue weighted by atomic mass is 9.91. The molecule has 4 rings (SSSR count). The maximum atomic E-state index is 12.9. The van der Waals surface area contributed by atoms with Crippen LogP contribution in [0.25, 0.3) is 0 Å². The van der Waals surface area contributed by atoms with E-state index in [4.69, 9.17) is 0 Å². The van der Waals surface area contributed by atoms with Crippen molar-refractivity contribution in [1.82, 2.24) is 4.90 Å². The Morgan fingerprint density at radius 3 is 2.52 bits per heavy atom. The number of nitrogens with zero attached hydrogens (tertiary/aromatic N) is 3. The number of piperazine rings is 1. The summed E-state index contributed by atoms with van der Waals surface area (Å²) in [4.78, 5) is 4.36. The lowest BCUT2D eigenvalue weighted by Crippen LogP contribution is -2.54. The molecule has 2 saturated carbocycles. The lowest BCUT2D eigenvalue weighted by molar-refractivity contribution is -0.137. The summed E-state index contributed by atoms with van der Waals surface area (Å²) in [6.07, 6.45) is -0.905. The predicted molar refractivity (Wildman–Crippen MR) is 89.1 cm³/mol. The van der Waals surface area contributed by atoms with Crippen molar-refractivity contribution in [1.29, 1.82) is 0 Å². The van der Waals surface area contributed by atoms with E-state index in [0.717, 1.165) is 37.7 Å². The zero-order chi connectivity index (χ0) is 17.6. The molecule has 25 heavy (non-hydrogen) atoms. The van der Waals surface area contributed by atoms with Crippen molar-refractivity contribution in [3.8, 4) is 0 Å². The molecule has 2 aliphatic carbocycles. The molecule has 4 nitrogen and oxygen atoms in total. The zero-order valence-electron chi connectivity index (χ0n) is 13.9. The third kappa shape index (κ3) is 2.99. The topological polar surface area (TPSA) is 39.1 Å². The van der Waals surface area contributed by atoms with Gasteiger partial charge in [-0.05, 0) is 43.4 Å². The van der Waals surface area contributed by atoms with E-state index in [-0.39, 0.29) is 6.04 Å². The molecule has 1 aromatic carbocycles. The summed E-state index contributed by atoms with van der Waals surface area (Å²) in [6.45, 7) is 2.94. The van der Waals surface area contributed by atoms with Gasteiger partial charge in [-0.1, -0.05) is 11.2 Å². The van der Waals surface area contributed by atoms with Crippen LogP contribution in [-0.4, -0.2) is 48.0 Å². The second-order valence-electron chi connectivity index (χ2n) is 7.31. The van der Waals surface area contributed by atoms with Gasteiger partial charge in [-0.3, -0.25) is 4.90 Å². The summed E-state index contributed by atoms with van der Waals surface area (Å²) in [5, 5.41) is 12.9. The normalized spacial score (nSPS) is 31.9. The minimum Gasteiger partial charge on any atom is -0.411 e. The van der Waals surface area contributed by atoms with Gasteiger partial charge in [0.2, 0.25) is 0 Å². The van der Waals surface area contributed by atoms with Crippen molar-refractivity contribution < 1.29 is 18.4 Å². The predicted octanol–water partition coefficient (Wildman–Crippen LogP) is 3.46. The highest BCUT2D eigenvalue weighted by molar-refractivity contribution is 5.94. The van der Waals surface area contributed by atoms with Crippen LogP contribution in [0, 0.1) is 11.8 Å². The van der Waals surface area contributed by atoms with Crippen LogP contribution in [0.4, 0.5) is 18.9 Å². The quantitative estimate of drug-likeness (QED) is 0.654. The van der Waals surface area contributed by atoms with Gasteiger partial charge in [0.25, 0.3) is 0 Å². The molecule has 3 atom stereocenters. The second-order valence-corrected chi connectivity index (χ2v) is 7.31. The van der Waals surface area contributed by atoms with Gasteiger partial charge >= 0.3 is 6.18 Å². The monoisotopic (exact) mass is 353 g/mol. The second kappa shape index (κ2) is 6.20. The number of oxime groups is 1. The highest BCUT2D eigenvalue weighted by Gasteiger charge is 2.48. The van der Waals surface area contributed by atoms with E-state index in [2.05, 4.69) is 10.1 Å². The largest absolute Gasteiger partial charge is 0.416 e. The molecule has 7 heteroatoms. The molecule has 1 aromatic rings. The van der Waals surface area contributed by atoms with Gasteiger partial charge in [0.05, 0.1) is 17.3 Å². The summed E-state index contributed by atoms with van der Waals surface area (Å²) >= 11 is 0. The first-order valence-electron chi connectivity index (χ1n) is 8.85. The number of alkyl halides is 3. The SMILES string of the molecule is O/N=C1\[C@H]2CC[C@@H](C2)[C@H]1N1CCN(c2cccc(C(F)(F)F)c2)CC1. The third-order valence-corrected chi connectivity index (χ3v) is 6.00. The first-order valence-corrected chi connectivity index (χ1v) is 8.85. The molecule has 3 fully saturated rings. The highest BCUT2D eigenvalue weighted by atomic mass is 19.4. The maximum absolute atomic E-state index is 12.9. The fourth-order valence-corrected chi connectivity index (χ4v) is 4.82. The molecule has 0 spiro atoms. The van der Waals surface area contributed by atoms with Crippen molar-refractivity contribution in [2.45, 2.75) is 31.5 Å². The number of rotatable bonds is 2. The van der Waals surface area contributed by atoms with Crippen LogP contribution in [0.2, 0.25) is 0 Å². The van der Waals surface area contributed by atoms with E-state index in [1.165, 1.54) is 18.6 Å². The number of benzene rings is 1. The molecule has 0 aromatic heterocycles. The van der Waals surface area contributed by atoms with Gasteiger partial charge in [0.15, 0.2) is 0 Å². The Morgan fingerprint density at radius 1 is 1.08 bits per heavy atom. The Morgan fingerprint density at radius 2 is 1.84 bits per heavy atom. The highest BCUT2D eigenvalue weighted by Crippen LogP contribution is 2.45. The minimum atomic E-state index is -4.31. The van der Waals surface area contributed by atoms with Gasteiger partial charge in [0.1, 0.15) is 0 Å². The summed E-state index contributed by atoms with van der Waals surface area (Å²) in [6, 6.07) is 5.76. The Bertz CT molecular complexity index is 668. The fourth-order valence-electron chi connectivity index (χ4n) is 4.82. The third-order valence-electron chi connectivity index (χ3n) is 6.00. The van der Waals surface area contributed by atoms with Crippen molar-refractivity contribution in [2.75, 3.05) is 31.1 Å². The molecule has 1 N–H and O–H groups in total. The minimum absolute atomic E-state index is 0.215. The van der Waals surface area contributed by atoms with Crippen molar-refractivity contribution in [3.05, 3.63) is 29.8 Å². The Kier molecular flexibility index (Phi) is 4.14. The summed E-state index contributed by atoms with van der Waals surface area (Å²) in [5.41, 5.74) is 0.942. The van der Waals surface area contributed by atoms with Crippen LogP contribution in [-0.2, 0) is 6.18 Å². The molecule has 1 aliphatic heterocycles. The van der Waals surface area contributed by atoms with Crippen LogP contribution in [0.15, 0.2) is 29.4 Å². The Balaban J connectivity index is 1.44. The van der Waals surface area contributed by atoms with E-state index in [1.807, 2.05) is 4.90 Å². The molecule has 1 saturated heterocycles. The Hall–Kier alpha value is -1.76. The number of hydrogen-bond acceptors (Lipinski definition) is 4. The van der Waals surface area contributed by atoms with E-state index in [0.29, 0.717) is 30.6 Å². The van der Waals surface area contributed by atoms with E-state index < -0.39 is 11.7 Å². The Labute approximate surface area is 144 Å². The molecular formula is C18H22F3N3O. The molecule has 1 heterocycles. The lowest BCUT2D eigenvalue weighted by Gasteiger charge is -2.41. The molecule has 3 aliphatic rings. The number of anilines is 1. The first-order chi connectivity index (χ1) is 12.0. The molecule has 0 unspecified atom stereocenters. The van der Waals surface area contributed by atoms with Crippen molar-refractivity contribution in [3.63, 3.8) is 0 Å². The van der Waals surface area contributed by atoms with Gasteiger partial charge in [-0.2, -0.15) is 13.2 Å². The molecule has 0 radical (unpaired) electrons. The van der Waals surface area contributed by atoms with Crippen LogP contribution >= 0.6 is 0 Å². The van der Waals surface area contributed by atoms with Gasteiger partial charge in [-0.15, -0.1) is 0 Å². The first kappa shape index (κ1) is 16.7. The smallest absolute Gasteiger partial charge is 0.411 e. The van der Waals surface area contributed by atoms with Crippen LogP contribution in [0.1, 0.15) is 24.8 Å². The number of hydrogen-bond donors (Lipinski definition) is 1. The zero-order valence-corrected chi connectivity index (χ0v) is 13.9. The van der Waals surface area contributed by atoms with Gasteiger partial charge in [0, 0.05) is 37.8 Å². The molecule has 2 bridgehead atoms. The van der Waals surface area contributed by atoms with Crippen molar-refractivity contribution >= 4 is 11.4 Å². The average molecular weight is 353 g/mol. The average Bonchev–Trinajstić information content (AvgIpc) is 3.22. The maximum Gasteiger partial charge on any atom is 0.416 e. The van der Waals surface area contributed by atoms with Gasteiger partial charge < -0.3 is 10.1 Å². The van der Waals surface area contributed by atoms with Crippen LogP contribution in [0.5, 0.6) is 0 Å². The van der Waals surface area contributed by atoms with E-state index >= 15 is 0 Å². The van der Waals surface area contributed by atoms with Gasteiger partial charge in [-0.25, -0.2) is 0 Å². The van der Waals surface area contributed by atoms with Crippen molar-refractivity contribution in [2.24, 2.45) is 17.0 Å². The summed E-state index contributed by atoms with van der Waals surface area (Å²) in [7, 11) is 0. The van der Waals surface area contributed by atoms with Crippen LogP contribution in [0.3, 0.4) is 0 Å². The molecular weight excluding hydrogens is 331 g/mol. The standard InChI is InChI=1S/C18H22F3N3O/c19-18(20,21)14-2-1-3-15(11-14)23-6-8-24(9-7-23)17-13-5-4-12(10-13)16(17)22-25/h1-3,11-13,17,25H,4-10H2/b22-16+/t12-,13-,17+/m0/s1.